The highest BCUT2D eigenvalue weighted by Crippen LogP contribution is 2.36. The Morgan fingerprint density at radius 1 is 1.12 bits per heavy atom. The Morgan fingerprint density at radius 2 is 1.68 bits per heavy atom. The average Bonchev–Trinajstić information content (AvgIpc) is 2.71. The van der Waals surface area contributed by atoms with Crippen LogP contribution in [0.1, 0.15) is 40.5 Å². The lowest BCUT2D eigenvalue weighted by Crippen LogP contribution is -2.50. The minimum Gasteiger partial charge on any atom is -0.490 e. The monoisotopic (exact) mass is 345 g/mol. The van der Waals surface area contributed by atoms with Crippen molar-refractivity contribution < 1.29 is 14.0 Å². The highest BCUT2D eigenvalue weighted by Gasteiger charge is 2.51. The average molecular weight is 345 g/mol. The molecule has 0 amide bonds. The summed E-state index contributed by atoms with van der Waals surface area (Å²) in [6.45, 7) is 8.21. The Kier molecular flexibility index (Phi) is 4.75. The fourth-order valence-corrected chi connectivity index (χ4v) is 2.97. The Balaban J connectivity index is 1.54. The van der Waals surface area contributed by atoms with Crippen LogP contribution in [-0.2, 0) is 9.31 Å². The maximum atomic E-state index is 6.07. The van der Waals surface area contributed by atoms with Crippen molar-refractivity contribution in [2.24, 2.45) is 11.6 Å². The number of hydrogen-bond donors (Lipinski definition) is 2. The molecule has 1 aromatic carbocycles. The first-order valence-corrected chi connectivity index (χ1v) is 8.75. The van der Waals surface area contributed by atoms with Crippen LogP contribution in [0.25, 0.3) is 0 Å². The van der Waals surface area contributed by atoms with E-state index in [1.165, 1.54) is 6.20 Å². The van der Waals surface area contributed by atoms with Crippen molar-refractivity contribution in [2.75, 3.05) is 0 Å². The zero-order valence-corrected chi connectivity index (χ0v) is 15.4. The normalized spacial score (nSPS) is 27.3. The molecule has 0 bridgehead atoms. The summed E-state index contributed by atoms with van der Waals surface area (Å²) in [6, 6.07) is 8.22. The number of nitrogens with two attached hydrogens (primary N) is 2. The molecule has 6 nitrogen and oxygen atoms in total. The standard InChI is InChI=1S/C18H28BN3O3/c1-17(2)18(3,4)25-19(24-17)13-5-7-15(8-6-13)23-16-11-14(12-16)22(21)10-9-20/h5-10,14,16H,11-12,20-21H2,1-4H3/b10-9-. The molecular weight excluding hydrogens is 317 g/mol. The largest absolute Gasteiger partial charge is 0.494 e. The van der Waals surface area contributed by atoms with Crippen LogP contribution in [0.5, 0.6) is 5.75 Å². The third-order valence-electron chi connectivity index (χ3n) is 5.46. The van der Waals surface area contributed by atoms with Gasteiger partial charge in [0.25, 0.3) is 0 Å². The van der Waals surface area contributed by atoms with Crippen molar-refractivity contribution in [1.29, 1.82) is 0 Å². The fourth-order valence-electron chi connectivity index (χ4n) is 2.97. The van der Waals surface area contributed by atoms with Crippen molar-refractivity contribution in [3.63, 3.8) is 0 Å². The summed E-state index contributed by atoms with van der Waals surface area (Å²) in [5, 5.41) is 1.64. The molecule has 4 N–H and O–H groups in total. The fraction of sp³-hybridized carbons (Fsp3) is 0.556. The van der Waals surface area contributed by atoms with E-state index in [0.29, 0.717) is 0 Å². The molecule has 1 heterocycles. The third kappa shape index (κ3) is 3.63. The van der Waals surface area contributed by atoms with Crippen LogP contribution < -0.4 is 21.8 Å². The first-order valence-electron chi connectivity index (χ1n) is 8.75. The summed E-state index contributed by atoms with van der Waals surface area (Å²) < 4.78 is 18.1. The van der Waals surface area contributed by atoms with E-state index in [-0.39, 0.29) is 30.5 Å². The molecule has 25 heavy (non-hydrogen) atoms. The second kappa shape index (κ2) is 6.55. The van der Waals surface area contributed by atoms with E-state index in [4.69, 9.17) is 25.6 Å². The third-order valence-corrected chi connectivity index (χ3v) is 5.46. The SMILES string of the molecule is CC1(C)OB(c2ccc(OC3CC(N(N)/C=C\N)C3)cc2)OC1(C)C. The molecule has 1 saturated carbocycles. The molecule has 1 aliphatic heterocycles. The topological polar surface area (TPSA) is 83.0 Å². The number of rotatable bonds is 5. The summed E-state index contributed by atoms with van der Waals surface area (Å²) in [5.74, 6) is 6.71. The Bertz CT molecular complexity index is 611. The molecule has 3 rings (SSSR count). The van der Waals surface area contributed by atoms with Gasteiger partial charge in [-0.3, -0.25) is 0 Å². The molecule has 0 spiro atoms. The Morgan fingerprint density at radius 3 is 2.20 bits per heavy atom. The second-order valence-corrected chi connectivity index (χ2v) is 7.81. The summed E-state index contributed by atoms with van der Waals surface area (Å²) in [7, 11) is -0.346. The smallest absolute Gasteiger partial charge is 0.490 e. The molecule has 2 fully saturated rings. The van der Waals surface area contributed by atoms with Crippen LogP contribution in [0.2, 0.25) is 0 Å². The van der Waals surface area contributed by atoms with Crippen molar-refractivity contribution >= 4 is 12.6 Å². The van der Waals surface area contributed by atoms with E-state index in [0.717, 1.165) is 24.1 Å². The van der Waals surface area contributed by atoms with Crippen LogP contribution in [0.15, 0.2) is 36.7 Å². The molecule has 1 aliphatic carbocycles. The number of benzene rings is 1. The second-order valence-electron chi connectivity index (χ2n) is 7.81. The lowest BCUT2D eigenvalue weighted by Gasteiger charge is -2.39. The molecule has 2 aliphatic rings. The van der Waals surface area contributed by atoms with Crippen LogP contribution >= 0.6 is 0 Å². The van der Waals surface area contributed by atoms with Gasteiger partial charge in [-0.15, -0.1) is 0 Å². The van der Waals surface area contributed by atoms with Gasteiger partial charge in [-0.2, -0.15) is 0 Å². The first kappa shape index (κ1) is 18.1. The lowest BCUT2D eigenvalue weighted by atomic mass is 9.79. The van der Waals surface area contributed by atoms with Crippen molar-refractivity contribution in [1.82, 2.24) is 5.01 Å². The van der Waals surface area contributed by atoms with Gasteiger partial charge in [-0.1, -0.05) is 12.1 Å². The van der Waals surface area contributed by atoms with E-state index in [1.54, 1.807) is 11.2 Å². The molecular formula is C18H28BN3O3. The van der Waals surface area contributed by atoms with E-state index in [2.05, 4.69) is 27.7 Å². The van der Waals surface area contributed by atoms with Gasteiger partial charge in [-0.25, -0.2) is 5.84 Å². The summed E-state index contributed by atoms with van der Waals surface area (Å²) in [4.78, 5) is 0. The van der Waals surface area contributed by atoms with E-state index in [9.17, 15) is 0 Å². The minimum absolute atomic E-state index is 0.185. The van der Waals surface area contributed by atoms with Gasteiger partial charge in [0, 0.05) is 25.2 Å². The number of ether oxygens (including phenoxy) is 1. The Labute approximate surface area is 150 Å². The molecule has 136 valence electrons. The quantitative estimate of drug-likeness (QED) is 0.478. The van der Waals surface area contributed by atoms with Crippen LogP contribution in [0.3, 0.4) is 0 Å². The number of hydrogen-bond acceptors (Lipinski definition) is 6. The highest BCUT2D eigenvalue weighted by molar-refractivity contribution is 6.62. The highest BCUT2D eigenvalue weighted by atomic mass is 16.7. The van der Waals surface area contributed by atoms with Crippen LogP contribution in [0.4, 0.5) is 0 Å². The molecule has 0 radical (unpaired) electrons. The molecule has 0 unspecified atom stereocenters. The van der Waals surface area contributed by atoms with E-state index < -0.39 is 0 Å². The lowest BCUT2D eigenvalue weighted by molar-refractivity contribution is 0.00578. The predicted molar refractivity (Wildman–Crippen MR) is 98.9 cm³/mol. The molecule has 1 aromatic rings. The Hall–Kier alpha value is -1.70. The molecule has 0 atom stereocenters. The zero-order chi connectivity index (χ0) is 18.2. The van der Waals surface area contributed by atoms with Gasteiger partial charge in [-0.05, 0) is 45.3 Å². The van der Waals surface area contributed by atoms with Gasteiger partial charge < -0.3 is 24.8 Å². The summed E-state index contributed by atoms with van der Waals surface area (Å²) >= 11 is 0. The van der Waals surface area contributed by atoms with E-state index >= 15 is 0 Å². The van der Waals surface area contributed by atoms with Crippen LogP contribution in [0, 0.1) is 0 Å². The maximum Gasteiger partial charge on any atom is 0.494 e. The van der Waals surface area contributed by atoms with Crippen molar-refractivity contribution in [3.8, 4) is 5.75 Å². The number of hydrazine groups is 1. The molecule has 7 heteroatoms. The van der Waals surface area contributed by atoms with Gasteiger partial charge in [0.1, 0.15) is 11.9 Å². The minimum atomic E-state index is -0.346. The number of nitrogens with zero attached hydrogens (tertiary/aromatic N) is 1. The van der Waals surface area contributed by atoms with Gasteiger partial charge in [0.05, 0.1) is 17.2 Å². The van der Waals surface area contributed by atoms with E-state index in [1.807, 2.05) is 24.3 Å². The van der Waals surface area contributed by atoms with Crippen LogP contribution in [-0.4, -0.2) is 35.5 Å². The summed E-state index contributed by atoms with van der Waals surface area (Å²) in [5.41, 5.74) is 5.68. The van der Waals surface area contributed by atoms with Crippen molar-refractivity contribution in [3.05, 3.63) is 36.7 Å². The molecule has 0 aromatic heterocycles. The maximum absolute atomic E-state index is 6.07. The first-order chi connectivity index (χ1) is 11.7. The van der Waals surface area contributed by atoms with Gasteiger partial charge in [0.2, 0.25) is 0 Å². The summed E-state index contributed by atoms with van der Waals surface area (Å²) in [6.07, 6.45) is 5.09. The molecule has 1 saturated heterocycles. The van der Waals surface area contributed by atoms with Gasteiger partial charge >= 0.3 is 7.12 Å². The van der Waals surface area contributed by atoms with Crippen molar-refractivity contribution in [2.45, 2.75) is 63.9 Å². The van der Waals surface area contributed by atoms with Gasteiger partial charge in [0.15, 0.2) is 0 Å². The predicted octanol–water partition coefficient (Wildman–Crippen LogP) is 1.50. The zero-order valence-electron chi connectivity index (χ0n) is 15.4.